The number of nitrogens with two attached hydrogens (primary N) is 1. The Morgan fingerprint density at radius 1 is 1.39 bits per heavy atom. The molecule has 0 amide bonds. The highest BCUT2D eigenvalue weighted by Gasteiger charge is 2.23. The molecule has 2 unspecified atom stereocenters. The van der Waals surface area contributed by atoms with Crippen LogP contribution in [0.5, 0.6) is 0 Å². The predicted octanol–water partition coefficient (Wildman–Crippen LogP) is 2.69. The van der Waals surface area contributed by atoms with Crippen LogP contribution >= 0.6 is 12.4 Å². The summed E-state index contributed by atoms with van der Waals surface area (Å²) in [5, 5.41) is 0. The molecule has 2 N–H and O–H groups in total. The number of anilines is 1. The molecule has 102 valence electrons. The second-order valence-corrected chi connectivity index (χ2v) is 4.92. The highest BCUT2D eigenvalue weighted by atomic mass is 35.5. The standard InChI is InChI=1S/C14H22N2O.ClH/c1-3-14-10-16(8-11(2)17-14)9-12-5-4-6-13(15)7-12;/h4-7,11,14H,3,8-10,15H2,1-2H3;1H. The van der Waals surface area contributed by atoms with Crippen molar-refractivity contribution in [2.75, 3.05) is 18.8 Å². The van der Waals surface area contributed by atoms with Crippen LogP contribution in [0.15, 0.2) is 24.3 Å². The Morgan fingerprint density at radius 3 is 2.83 bits per heavy atom. The van der Waals surface area contributed by atoms with E-state index in [1.165, 1.54) is 5.56 Å². The highest BCUT2D eigenvalue weighted by Crippen LogP contribution is 2.17. The van der Waals surface area contributed by atoms with Crippen LogP contribution in [-0.4, -0.2) is 30.2 Å². The van der Waals surface area contributed by atoms with Crippen molar-refractivity contribution >= 4 is 18.1 Å². The third-order valence-corrected chi connectivity index (χ3v) is 3.21. The zero-order chi connectivity index (χ0) is 12.3. The summed E-state index contributed by atoms with van der Waals surface area (Å²) in [6, 6.07) is 8.14. The van der Waals surface area contributed by atoms with Crippen LogP contribution in [0.25, 0.3) is 0 Å². The third kappa shape index (κ3) is 4.16. The summed E-state index contributed by atoms with van der Waals surface area (Å²) in [7, 11) is 0. The van der Waals surface area contributed by atoms with Crippen molar-refractivity contribution in [3.63, 3.8) is 0 Å². The van der Waals surface area contributed by atoms with E-state index in [1.54, 1.807) is 0 Å². The van der Waals surface area contributed by atoms with Crippen molar-refractivity contribution in [2.45, 2.75) is 39.0 Å². The molecule has 0 aromatic heterocycles. The van der Waals surface area contributed by atoms with E-state index in [1.807, 2.05) is 12.1 Å². The van der Waals surface area contributed by atoms with E-state index in [4.69, 9.17) is 10.5 Å². The minimum absolute atomic E-state index is 0. The van der Waals surface area contributed by atoms with Crippen LogP contribution in [0.3, 0.4) is 0 Å². The molecule has 1 aromatic carbocycles. The topological polar surface area (TPSA) is 38.5 Å². The summed E-state index contributed by atoms with van der Waals surface area (Å²) in [4.78, 5) is 2.46. The maximum absolute atomic E-state index is 5.86. The van der Waals surface area contributed by atoms with Gasteiger partial charge in [0.15, 0.2) is 0 Å². The molecule has 2 rings (SSSR count). The van der Waals surface area contributed by atoms with Gasteiger partial charge >= 0.3 is 0 Å². The van der Waals surface area contributed by atoms with Gasteiger partial charge in [0.25, 0.3) is 0 Å². The van der Waals surface area contributed by atoms with Gasteiger partial charge in [0.2, 0.25) is 0 Å². The number of ether oxygens (including phenoxy) is 1. The van der Waals surface area contributed by atoms with E-state index < -0.39 is 0 Å². The molecule has 18 heavy (non-hydrogen) atoms. The number of hydrogen-bond acceptors (Lipinski definition) is 3. The minimum Gasteiger partial charge on any atom is -0.399 e. The molecular weight excluding hydrogens is 248 g/mol. The Morgan fingerprint density at radius 2 is 2.17 bits per heavy atom. The van der Waals surface area contributed by atoms with Gasteiger partial charge in [-0.25, -0.2) is 0 Å². The van der Waals surface area contributed by atoms with E-state index in [-0.39, 0.29) is 12.4 Å². The fourth-order valence-corrected chi connectivity index (χ4v) is 2.44. The molecule has 2 atom stereocenters. The van der Waals surface area contributed by atoms with Gasteiger partial charge in [0, 0.05) is 25.3 Å². The van der Waals surface area contributed by atoms with Gasteiger partial charge in [0.1, 0.15) is 0 Å². The van der Waals surface area contributed by atoms with Crippen molar-refractivity contribution in [2.24, 2.45) is 0 Å². The van der Waals surface area contributed by atoms with Crippen LogP contribution in [0.1, 0.15) is 25.8 Å². The predicted molar refractivity (Wildman–Crippen MR) is 78.0 cm³/mol. The number of halogens is 1. The molecule has 4 heteroatoms. The molecule has 1 heterocycles. The Kier molecular flexibility index (Phi) is 5.93. The second kappa shape index (κ2) is 6.98. The Balaban J connectivity index is 0.00000162. The molecule has 1 saturated heterocycles. The van der Waals surface area contributed by atoms with Crippen molar-refractivity contribution < 1.29 is 4.74 Å². The quantitative estimate of drug-likeness (QED) is 0.859. The van der Waals surface area contributed by atoms with Gasteiger partial charge in [0.05, 0.1) is 12.2 Å². The minimum atomic E-state index is 0. The zero-order valence-electron chi connectivity index (χ0n) is 11.1. The summed E-state index contributed by atoms with van der Waals surface area (Å²) < 4.78 is 5.86. The average molecular weight is 271 g/mol. The van der Waals surface area contributed by atoms with Crippen LogP contribution < -0.4 is 5.73 Å². The zero-order valence-corrected chi connectivity index (χ0v) is 12.0. The van der Waals surface area contributed by atoms with Crippen LogP contribution in [-0.2, 0) is 11.3 Å². The summed E-state index contributed by atoms with van der Waals surface area (Å²) in [5.74, 6) is 0. The van der Waals surface area contributed by atoms with Gasteiger partial charge in [-0.3, -0.25) is 4.90 Å². The average Bonchev–Trinajstić information content (AvgIpc) is 2.28. The van der Waals surface area contributed by atoms with E-state index in [0.29, 0.717) is 12.2 Å². The Labute approximate surface area is 116 Å². The Hall–Kier alpha value is -0.770. The summed E-state index contributed by atoms with van der Waals surface area (Å²) in [6.07, 6.45) is 1.78. The van der Waals surface area contributed by atoms with Crippen LogP contribution in [0, 0.1) is 0 Å². The molecule has 0 spiro atoms. The number of hydrogen-bond donors (Lipinski definition) is 1. The van der Waals surface area contributed by atoms with E-state index in [9.17, 15) is 0 Å². The SMILES string of the molecule is CCC1CN(Cc2cccc(N)c2)CC(C)O1.Cl. The van der Waals surface area contributed by atoms with Gasteiger partial charge < -0.3 is 10.5 Å². The van der Waals surface area contributed by atoms with E-state index >= 15 is 0 Å². The molecule has 3 nitrogen and oxygen atoms in total. The number of nitrogens with zero attached hydrogens (tertiary/aromatic N) is 1. The lowest BCUT2D eigenvalue weighted by Crippen LogP contribution is -2.45. The number of nitrogen functional groups attached to an aromatic ring is 1. The van der Waals surface area contributed by atoms with Crippen molar-refractivity contribution in [1.82, 2.24) is 4.90 Å². The number of rotatable bonds is 3. The first-order valence-corrected chi connectivity index (χ1v) is 6.39. The van der Waals surface area contributed by atoms with Crippen LogP contribution in [0.2, 0.25) is 0 Å². The first-order chi connectivity index (χ1) is 8.17. The first-order valence-electron chi connectivity index (χ1n) is 6.39. The highest BCUT2D eigenvalue weighted by molar-refractivity contribution is 5.85. The molecule has 1 aliphatic rings. The molecule has 0 radical (unpaired) electrons. The van der Waals surface area contributed by atoms with Crippen molar-refractivity contribution in [3.05, 3.63) is 29.8 Å². The number of benzene rings is 1. The molecule has 1 aliphatic heterocycles. The number of morpholine rings is 1. The first kappa shape index (κ1) is 15.3. The molecule has 1 aromatic rings. The second-order valence-electron chi connectivity index (χ2n) is 4.92. The van der Waals surface area contributed by atoms with Crippen molar-refractivity contribution in [1.29, 1.82) is 0 Å². The lowest BCUT2D eigenvalue weighted by Gasteiger charge is -2.36. The molecule has 0 aliphatic carbocycles. The lowest BCUT2D eigenvalue weighted by atomic mass is 10.1. The van der Waals surface area contributed by atoms with Crippen molar-refractivity contribution in [3.8, 4) is 0 Å². The smallest absolute Gasteiger partial charge is 0.0703 e. The van der Waals surface area contributed by atoms with Gasteiger partial charge in [-0.2, -0.15) is 0 Å². The monoisotopic (exact) mass is 270 g/mol. The van der Waals surface area contributed by atoms with Gasteiger partial charge in [-0.1, -0.05) is 19.1 Å². The van der Waals surface area contributed by atoms with E-state index in [2.05, 4.69) is 30.9 Å². The normalized spacial score (nSPS) is 24.6. The molecule has 1 fully saturated rings. The van der Waals surface area contributed by atoms with E-state index in [0.717, 1.165) is 31.7 Å². The fourth-order valence-electron chi connectivity index (χ4n) is 2.44. The maximum atomic E-state index is 5.86. The summed E-state index contributed by atoms with van der Waals surface area (Å²) >= 11 is 0. The maximum Gasteiger partial charge on any atom is 0.0703 e. The molecular formula is C14H23ClN2O. The largest absolute Gasteiger partial charge is 0.399 e. The molecule has 0 bridgehead atoms. The van der Waals surface area contributed by atoms with Gasteiger partial charge in [-0.05, 0) is 31.0 Å². The lowest BCUT2D eigenvalue weighted by molar-refractivity contribution is -0.0800. The van der Waals surface area contributed by atoms with Gasteiger partial charge in [-0.15, -0.1) is 12.4 Å². The Bertz CT molecular complexity index is 373. The summed E-state index contributed by atoms with van der Waals surface area (Å²) in [5.41, 5.74) is 7.93. The third-order valence-electron chi connectivity index (χ3n) is 3.21. The van der Waals surface area contributed by atoms with Crippen LogP contribution in [0.4, 0.5) is 5.69 Å². The molecule has 0 saturated carbocycles. The summed E-state index contributed by atoms with van der Waals surface area (Å²) in [6.45, 7) is 7.33. The fraction of sp³-hybridized carbons (Fsp3) is 0.571.